The van der Waals surface area contributed by atoms with E-state index in [1.807, 2.05) is 0 Å². The van der Waals surface area contributed by atoms with Gasteiger partial charge < -0.3 is 19.5 Å². The third-order valence-corrected chi connectivity index (χ3v) is 2.77. The summed E-state index contributed by atoms with van der Waals surface area (Å²) in [5.74, 6) is 0.260. The van der Waals surface area contributed by atoms with E-state index in [1.54, 1.807) is 31.2 Å². The Balaban J connectivity index is 1.97. The van der Waals surface area contributed by atoms with Crippen molar-refractivity contribution in [2.24, 2.45) is 0 Å². The van der Waals surface area contributed by atoms with Crippen molar-refractivity contribution < 1.29 is 23.8 Å². The summed E-state index contributed by atoms with van der Waals surface area (Å²) in [6, 6.07) is 5.10. The molecule has 0 bridgehead atoms. The van der Waals surface area contributed by atoms with Gasteiger partial charge in [-0.15, -0.1) is 0 Å². The zero-order chi connectivity index (χ0) is 15.2. The Hall–Kier alpha value is -2.50. The van der Waals surface area contributed by atoms with Crippen molar-refractivity contribution in [3.63, 3.8) is 0 Å². The zero-order valence-electron chi connectivity index (χ0n) is 11.9. The first-order chi connectivity index (χ1) is 10.1. The summed E-state index contributed by atoms with van der Waals surface area (Å²) in [5.41, 5.74) is 0.554. The molecular weight excluding hydrogens is 274 g/mol. The van der Waals surface area contributed by atoms with Gasteiger partial charge in [0, 0.05) is 17.8 Å². The van der Waals surface area contributed by atoms with Crippen LogP contribution in [0.2, 0.25) is 0 Å². The second kappa shape index (κ2) is 6.78. The molecule has 1 amide bonds. The number of esters is 1. The highest BCUT2D eigenvalue weighted by Gasteiger charge is 2.18. The first-order valence-corrected chi connectivity index (χ1v) is 6.64. The van der Waals surface area contributed by atoms with Gasteiger partial charge in [0.1, 0.15) is 13.2 Å². The molecule has 112 valence electrons. The molecule has 0 saturated heterocycles. The summed E-state index contributed by atoms with van der Waals surface area (Å²) < 4.78 is 15.8. The maximum absolute atomic E-state index is 11.9. The molecule has 1 aliphatic heterocycles. The smallest absolute Gasteiger partial charge is 0.331 e. The molecule has 1 N–H and O–H groups in total. The van der Waals surface area contributed by atoms with Crippen LogP contribution in [0.1, 0.15) is 13.8 Å². The van der Waals surface area contributed by atoms with Crippen molar-refractivity contribution in [3.8, 4) is 11.5 Å². The van der Waals surface area contributed by atoms with Crippen molar-refractivity contribution in [1.82, 2.24) is 0 Å². The average Bonchev–Trinajstić information content (AvgIpc) is 2.47. The number of allylic oxidation sites excluding steroid dienone is 1. The highest BCUT2D eigenvalue weighted by molar-refractivity contribution is 5.96. The Bertz CT molecular complexity index is 567. The molecule has 0 spiro atoms. The van der Waals surface area contributed by atoms with Crippen LogP contribution in [0.5, 0.6) is 11.5 Å². The van der Waals surface area contributed by atoms with Gasteiger partial charge in [0.25, 0.3) is 5.91 Å². The monoisotopic (exact) mass is 291 g/mol. The second-order valence-corrected chi connectivity index (χ2v) is 4.43. The molecule has 1 aromatic rings. The normalized spacial score (nSPS) is 14.6. The lowest BCUT2D eigenvalue weighted by Crippen LogP contribution is -2.29. The van der Waals surface area contributed by atoms with Crippen molar-refractivity contribution in [3.05, 3.63) is 30.4 Å². The second-order valence-electron chi connectivity index (χ2n) is 4.43. The number of rotatable bonds is 4. The molecule has 21 heavy (non-hydrogen) atoms. The van der Waals surface area contributed by atoms with Gasteiger partial charge >= 0.3 is 5.97 Å². The molecule has 0 saturated carbocycles. The maximum atomic E-state index is 11.9. The third-order valence-electron chi connectivity index (χ3n) is 2.77. The van der Waals surface area contributed by atoms with Gasteiger partial charge in [-0.2, -0.15) is 0 Å². The summed E-state index contributed by atoms with van der Waals surface area (Å²) in [4.78, 5) is 23.2. The number of ether oxygens (including phenoxy) is 3. The molecule has 2 rings (SSSR count). The van der Waals surface area contributed by atoms with Crippen LogP contribution >= 0.6 is 0 Å². The lowest BCUT2D eigenvalue weighted by molar-refractivity contribution is -0.148. The van der Waals surface area contributed by atoms with Crippen LogP contribution in [0.4, 0.5) is 5.69 Å². The van der Waals surface area contributed by atoms with Crippen molar-refractivity contribution >= 4 is 17.6 Å². The van der Waals surface area contributed by atoms with Crippen LogP contribution < -0.4 is 14.8 Å². The molecule has 0 aromatic heterocycles. The van der Waals surface area contributed by atoms with E-state index in [9.17, 15) is 9.59 Å². The minimum Gasteiger partial charge on any atom is -0.486 e. The zero-order valence-corrected chi connectivity index (χ0v) is 11.9. The predicted molar refractivity (Wildman–Crippen MR) is 76.4 cm³/mol. The minimum atomic E-state index is -0.887. The van der Waals surface area contributed by atoms with Crippen LogP contribution in [0.15, 0.2) is 30.4 Å². The van der Waals surface area contributed by atoms with E-state index in [4.69, 9.17) is 14.2 Å². The first-order valence-electron chi connectivity index (χ1n) is 6.64. The third kappa shape index (κ3) is 3.98. The van der Waals surface area contributed by atoms with Crippen molar-refractivity contribution in [2.45, 2.75) is 20.0 Å². The number of carbonyl (C=O) groups excluding carboxylic acids is 2. The van der Waals surface area contributed by atoms with Gasteiger partial charge in [-0.3, -0.25) is 4.79 Å². The summed E-state index contributed by atoms with van der Waals surface area (Å²) >= 11 is 0. The van der Waals surface area contributed by atoms with Crippen LogP contribution in [0, 0.1) is 0 Å². The van der Waals surface area contributed by atoms with E-state index in [0.29, 0.717) is 30.4 Å². The highest BCUT2D eigenvalue weighted by atomic mass is 16.6. The number of benzene rings is 1. The summed E-state index contributed by atoms with van der Waals surface area (Å²) in [7, 11) is 0. The topological polar surface area (TPSA) is 73.9 Å². The molecule has 0 aliphatic carbocycles. The van der Waals surface area contributed by atoms with E-state index >= 15 is 0 Å². The van der Waals surface area contributed by atoms with E-state index in [0.717, 1.165) is 0 Å². The molecule has 1 aromatic carbocycles. The van der Waals surface area contributed by atoms with Crippen LogP contribution in [0.3, 0.4) is 0 Å². The van der Waals surface area contributed by atoms with Crippen LogP contribution in [-0.2, 0) is 14.3 Å². The van der Waals surface area contributed by atoms with Crippen molar-refractivity contribution in [2.75, 3.05) is 18.5 Å². The fourth-order valence-corrected chi connectivity index (χ4v) is 1.77. The SMILES string of the molecule is C/C=C/C(=O)O[C@H](C)C(=O)Nc1ccc2c(c1)OCCO2. The fourth-order valence-electron chi connectivity index (χ4n) is 1.77. The Labute approximate surface area is 122 Å². The number of fused-ring (bicyclic) bond motifs is 1. The Morgan fingerprint density at radius 2 is 2.00 bits per heavy atom. The van der Waals surface area contributed by atoms with Gasteiger partial charge in [-0.05, 0) is 26.0 Å². The lowest BCUT2D eigenvalue weighted by atomic mass is 10.2. The van der Waals surface area contributed by atoms with Crippen LogP contribution in [0.25, 0.3) is 0 Å². The van der Waals surface area contributed by atoms with Crippen LogP contribution in [-0.4, -0.2) is 31.2 Å². The number of hydrogen-bond donors (Lipinski definition) is 1. The number of amides is 1. The molecule has 1 atom stereocenters. The molecule has 1 aliphatic rings. The minimum absolute atomic E-state index is 0.412. The van der Waals surface area contributed by atoms with Gasteiger partial charge in [-0.25, -0.2) is 4.79 Å². The Kier molecular flexibility index (Phi) is 4.81. The average molecular weight is 291 g/mol. The van der Waals surface area contributed by atoms with E-state index in [2.05, 4.69) is 5.32 Å². The number of hydrogen-bond acceptors (Lipinski definition) is 5. The van der Waals surface area contributed by atoms with Gasteiger partial charge in [-0.1, -0.05) is 6.08 Å². The first kappa shape index (κ1) is 14.9. The van der Waals surface area contributed by atoms with E-state index in [-0.39, 0.29) is 0 Å². The Morgan fingerprint density at radius 1 is 1.29 bits per heavy atom. The predicted octanol–water partition coefficient (Wildman–Crippen LogP) is 1.90. The summed E-state index contributed by atoms with van der Waals surface area (Å²) in [5, 5.41) is 2.66. The number of anilines is 1. The van der Waals surface area contributed by atoms with Gasteiger partial charge in [0.2, 0.25) is 0 Å². The number of carbonyl (C=O) groups is 2. The molecule has 0 fully saturated rings. The maximum Gasteiger partial charge on any atom is 0.331 e. The lowest BCUT2D eigenvalue weighted by Gasteiger charge is -2.19. The van der Waals surface area contributed by atoms with E-state index in [1.165, 1.54) is 13.0 Å². The fraction of sp³-hybridized carbons (Fsp3) is 0.333. The summed E-state index contributed by atoms with van der Waals surface area (Å²) in [6.45, 7) is 4.19. The molecule has 1 heterocycles. The quantitative estimate of drug-likeness (QED) is 0.677. The van der Waals surface area contributed by atoms with Gasteiger partial charge in [0.15, 0.2) is 17.6 Å². The molecular formula is C15H17NO5. The largest absolute Gasteiger partial charge is 0.486 e. The number of nitrogens with one attached hydrogen (secondary N) is 1. The molecule has 0 radical (unpaired) electrons. The van der Waals surface area contributed by atoms with E-state index < -0.39 is 18.0 Å². The standard InChI is InChI=1S/C15H17NO5/c1-3-4-14(17)21-10(2)15(18)16-11-5-6-12-13(9-11)20-8-7-19-12/h3-6,9-10H,7-8H2,1-2H3,(H,16,18)/b4-3+/t10-/m1/s1. The van der Waals surface area contributed by atoms with Crippen molar-refractivity contribution in [1.29, 1.82) is 0 Å². The summed E-state index contributed by atoms with van der Waals surface area (Å²) in [6.07, 6.45) is 1.92. The molecule has 6 heteroatoms. The molecule has 6 nitrogen and oxygen atoms in total. The highest BCUT2D eigenvalue weighted by Crippen LogP contribution is 2.32. The molecule has 0 unspecified atom stereocenters. The Morgan fingerprint density at radius 3 is 2.71 bits per heavy atom. The van der Waals surface area contributed by atoms with Gasteiger partial charge in [0.05, 0.1) is 0 Å².